The van der Waals surface area contributed by atoms with Gasteiger partial charge in [-0.25, -0.2) is 5.43 Å². The standard InChI is InChI=1S/C20H22BrN3O5/c1-3-29-17-11-13(10-16(21)19(17)26)12-23-24-18(25)8-9-22-20(27)14-4-6-15(28-2)7-5-14/h4-7,10-12,26H,3,8-9H2,1-2H3,(H,22,27)(H,24,25)/b23-12+. The van der Waals surface area contributed by atoms with Crippen molar-refractivity contribution in [3.05, 3.63) is 52.0 Å². The molecule has 29 heavy (non-hydrogen) atoms. The van der Waals surface area contributed by atoms with E-state index in [0.29, 0.717) is 33.7 Å². The number of phenolic OH excluding ortho intramolecular Hbond substituents is 1. The molecule has 0 aromatic heterocycles. The maximum Gasteiger partial charge on any atom is 0.251 e. The second-order valence-corrected chi connectivity index (χ2v) is 6.66. The number of hydrogen-bond acceptors (Lipinski definition) is 6. The first-order valence-corrected chi connectivity index (χ1v) is 9.63. The topological polar surface area (TPSA) is 109 Å². The number of benzene rings is 2. The number of carbonyl (C=O) groups is 2. The molecule has 0 fully saturated rings. The fourth-order valence-corrected chi connectivity index (χ4v) is 2.76. The van der Waals surface area contributed by atoms with Crippen LogP contribution in [0, 0.1) is 0 Å². The van der Waals surface area contributed by atoms with Crippen molar-refractivity contribution in [2.24, 2.45) is 5.10 Å². The third kappa shape index (κ3) is 6.79. The zero-order chi connectivity index (χ0) is 21.2. The lowest BCUT2D eigenvalue weighted by atomic mass is 10.2. The number of rotatable bonds is 9. The third-order valence-corrected chi connectivity index (χ3v) is 4.35. The molecule has 0 bridgehead atoms. The molecule has 2 aromatic rings. The molecule has 0 radical (unpaired) electrons. The van der Waals surface area contributed by atoms with Crippen LogP contribution in [0.4, 0.5) is 0 Å². The minimum Gasteiger partial charge on any atom is -0.503 e. The molecule has 0 unspecified atom stereocenters. The molecule has 0 saturated heterocycles. The van der Waals surface area contributed by atoms with Crippen molar-refractivity contribution < 1.29 is 24.2 Å². The average Bonchev–Trinajstić information content (AvgIpc) is 2.71. The van der Waals surface area contributed by atoms with E-state index in [1.54, 1.807) is 43.5 Å². The summed E-state index contributed by atoms with van der Waals surface area (Å²) in [5.41, 5.74) is 3.50. The van der Waals surface area contributed by atoms with E-state index in [1.165, 1.54) is 6.21 Å². The van der Waals surface area contributed by atoms with E-state index < -0.39 is 0 Å². The Morgan fingerprint density at radius 2 is 1.97 bits per heavy atom. The fourth-order valence-electron chi connectivity index (χ4n) is 2.30. The van der Waals surface area contributed by atoms with Crippen LogP contribution in [0.15, 0.2) is 46.0 Å². The van der Waals surface area contributed by atoms with Crippen LogP contribution in [0.1, 0.15) is 29.3 Å². The van der Waals surface area contributed by atoms with Gasteiger partial charge in [-0.3, -0.25) is 9.59 Å². The predicted octanol–water partition coefficient (Wildman–Crippen LogP) is 2.83. The summed E-state index contributed by atoms with van der Waals surface area (Å²) < 4.78 is 10.8. The van der Waals surface area contributed by atoms with Gasteiger partial charge in [0.05, 0.1) is 24.4 Å². The SMILES string of the molecule is CCOc1cc(/C=N/NC(=O)CCNC(=O)c2ccc(OC)cc2)cc(Br)c1O. The minimum absolute atomic E-state index is 0.000590. The molecular formula is C20H22BrN3O5. The molecule has 0 aliphatic heterocycles. The van der Waals surface area contributed by atoms with Crippen LogP contribution in [0.5, 0.6) is 17.2 Å². The molecular weight excluding hydrogens is 442 g/mol. The molecule has 0 saturated carbocycles. The lowest BCUT2D eigenvalue weighted by Crippen LogP contribution is -2.29. The second-order valence-electron chi connectivity index (χ2n) is 5.81. The molecule has 0 spiro atoms. The van der Waals surface area contributed by atoms with E-state index in [4.69, 9.17) is 9.47 Å². The van der Waals surface area contributed by atoms with E-state index in [0.717, 1.165) is 0 Å². The van der Waals surface area contributed by atoms with Crippen LogP contribution in [-0.2, 0) is 4.79 Å². The van der Waals surface area contributed by atoms with E-state index in [1.807, 2.05) is 6.92 Å². The van der Waals surface area contributed by atoms with Crippen molar-refractivity contribution in [2.45, 2.75) is 13.3 Å². The zero-order valence-corrected chi connectivity index (χ0v) is 17.7. The summed E-state index contributed by atoms with van der Waals surface area (Å²) in [6, 6.07) is 9.91. The molecule has 2 aromatic carbocycles. The first-order valence-electron chi connectivity index (χ1n) is 8.84. The Labute approximate surface area is 177 Å². The maximum absolute atomic E-state index is 12.0. The van der Waals surface area contributed by atoms with Crippen molar-refractivity contribution in [1.29, 1.82) is 0 Å². The van der Waals surface area contributed by atoms with Gasteiger partial charge >= 0.3 is 0 Å². The lowest BCUT2D eigenvalue weighted by molar-refractivity contribution is -0.120. The number of amides is 2. The Balaban J connectivity index is 1.80. The lowest BCUT2D eigenvalue weighted by Gasteiger charge is -2.08. The van der Waals surface area contributed by atoms with Gasteiger partial charge < -0.3 is 19.9 Å². The van der Waals surface area contributed by atoms with Crippen molar-refractivity contribution >= 4 is 34.0 Å². The van der Waals surface area contributed by atoms with Crippen molar-refractivity contribution in [2.75, 3.05) is 20.3 Å². The molecule has 9 heteroatoms. The number of halogens is 1. The quantitative estimate of drug-likeness (QED) is 0.391. The van der Waals surface area contributed by atoms with Gasteiger partial charge in [-0.2, -0.15) is 5.10 Å². The number of ether oxygens (including phenoxy) is 2. The molecule has 0 atom stereocenters. The van der Waals surface area contributed by atoms with E-state index in [9.17, 15) is 14.7 Å². The van der Waals surface area contributed by atoms with Gasteiger partial charge in [0.25, 0.3) is 5.91 Å². The Kier molecular flexibility index (Phi) is 8.47. The minimum atomic E-state index is -0.348. The van der Waals surface area contributed by atoms with Crippen LogP contribution < -0.4 is 20.2 Å². The summed E-state index contributed by atoms with van der Waals surface area (Å²) in [4.78, 5) is 23.9. The highest BCUT2D eigenvalue weighted by molar-refractivity contribution is 9.10. The van der Waals surface area contributed by atoms with Gasteiger partial charge in [0, 0.05) is 18.5 Å². The number of nitrogens with zero attached hydrogens (tertiary/aromatic N) is 1. The number of hydrogen-bond donors (Lipinski definition) is 3. The molecule has 0 aliphatic carbocycles. The number of methoxy groups -OCH3 is 1. The van der Waals surface area contributed by atoms with Crippen molar-refractivity contribution in [1.82, 2.24) is 10.7 Å². The highest BCUT2D eigenvalue weighted by Crippen LogP contribution is 2.35. The van der Waals surface area contributed by atoms with Crippen LogP contribution >= 0.6 is 15.9 Å². The smallest absolute Gasteiger partial charge is 0.251 e. The van der Waals surface area contributed by atoms with E-state index >= 15 is 0 Å². The molecule has 2 amide bonds. The summed E-state index contributed by atoms with van der Waals surface area (Å²) in [5.74, 6) is 0.352. The largest absolute Gasteiger partial charge is 0.503 e. The maximum atomic E-state index is 12.0. The van der Waals surface area contributed by atoms with Crippen LogP contribution in [0.25, 0.3) is 0 Å². The molecule has 8 nitrogen and oxygen atoms in total. The van der Waals surface area contributed by atoms with Crippen molar-refractivity contribution in [3.63, 3.8) is 0 Å². The summed E-state index contributed by atoms with van der Waals surface area (Å²) in [6.07, 6.45) is 1.50. The monoisotopic (exact) mass is 463 g/mol. The van der Waals surface area contributed by atoms with Gasteiger partial charge in [0.15, 0.2) is 11.5 Å². The molecule has 2 rings (SSSR count). The highest BCUT2D eigenvalue weighted by Gasteiger charge is 2.09. The number of hydrazone groups is 1. The van der Waals surface area contributed by atoms with Gasteiger partial charge in [-0.15, -0.1) is 0 Å². The Morgan fingerprint density at radius 3 is 2.62 bits per heavy atom. The average molecular weight is 464 g/mol. The van der Waals surface area contributed by atoms with Gasteiger partial charge in [-0.1, -0.05) is 0 Å². The summed E-state index contributed by atoms with van der Waals surface area (Å²) in [6.45, 7) is 2.38. The fraction of sp³-hybridized carbons (Fsp3) is 0.250. The summed E-state index contributed by atoms with van der Waals surface area (Å²) >= 11 is 3.24. The first-order chi connectivity index (χ1) is 13.9. The Hall–Kier alpha value is -3.07. The number of carbonyl (C=O) groups excluding carboxylic acids is 2. The Bertz CT molecular complexity index is 884. The van der Waals surface area contributed by atoms with Crippen molar-refractivity contribution in [3.8, 4) is 17.2 Å². The number of aromatic hydroxyl groups is 1. The highest BCUT2D eigenvalue weighted by atomic mass is 79.9. The molecule has 154 valence electrons. The van der Waals surface area contributed by atoms with Crippen LogP contribution in [0.3, 0.4) is 0 Å². The van der Waals surface area contributed by atoms with Crippen LogP contribution in [0.2, 0.25) is 0 Å². The molecule has 0 aliphatic rings. The number of phenols is 1. The van der Waals surface area contributed by atoms with Gasteiger partial charge in [-0.05, 0) is 64.8 Å². The third-order valence-electron chi connectivity index (χ3n) is 3.74. The van der Waals surface area contributed by atoms with E-state index in [2.05, 4.69) is 31.8 Å². The van der Waals surface area contributed by atoms with Crippen LogP contribution in [-0.4, -0.2) is 43.4 Å². The summed E-state index contributed by atoms with van der Waals surface area (Å²) in [7, 11) is 1.55. The predicted molar refractivity (Wildman–Crippen MR) is 113 cm³/mol. The Morgan fingerprint density at radius 1 is 1.24 bits per heavy atom. The normalized spacial score (nSPS) is 10.6. The summed E-state index contributed by atoms with van der Waals surface area (Å²) in [5, 5.41) is 16.4. The number of nitrogens with one attached hydrogen (secondary N) is 2. The van der Waals surface area contributed by atoms with Gasteiger partial charge in [0.1, 0.15) is 5.75 Å². The zero-order valence-electron chi connectivity index (χ0n) is 16.1. The van der Waals surface area contributed by atoms with Gasteiger partial charge in [0.2, 0.25) is 5.91 Å². The first kappa shape index (κ1) is 22.2. The van der Waals surface area contributed by atoms with E-state index in [-0.39, 0.29) is 30.5 Å². The molecule has 3 N–H and O–H groups in total. The second kappa shape index (κ2) is 11.1. The molecule has 0 heterocycles.